The van der Waals surface area contributed by atoms with Crippen LogP contribution in [0.5, 0.6) is 0 Å². The molecule has 0 bridgehead atoms. The molecule has 2 heterocycles. The van der Waals surface area contributed by atoms with Gasteiger partial charge in [0.1, 0.15) is 5.60 Å². The van der Waals surface area contributed by atoms with E-state index in [4.69, 9.17) is 11.6 Å². The first-order valence-electron chi connectivity index (χ1n) is 7.31. The molecule has 2 aromatic heterocycles. The van der Waals surface area contributed by atoms with Gasteiger partial charge in [0.25, 0.3) is 0 Å². The van der Waals surface area contributed by atoms with E-state index in [0.29, 0.717) is 18.1 Å². The number of hydrogen-bond acceptors (Lipinski definition) is 4. The molecule has 0 aliphatic rings. The fourth-order valence-corrected chi connectivity index (χ4v) is 3.22. The molecule has 0 radical (unpaired) electrons. The van der Waals surface area contributed by atoms with Gasteiger partial charge in [0.2, 0.25) is 0 Å². The molecule has 0 aliphatic carbocycles. The van der Waals surface area contributed by atoms with Gasteiger partial charge < -0.3 is 10.4 Å². The maximum absolute atomic E-state index is 10.5. The van der Waals surface area contributed by atoms with Gasteiger partial charge in [-0.1, -0.05) is 17.7 Å². The molecule has 0 fully saturated rings. The van der Waals surface area contributed by atoms with Gasteiger partial charge in [0.15, 0.2) is 0 Å². The minimum Gasteiger partial charge on any atom is -0.383 e. The summed E-state index contributed by atoms with van der Waals surface area (Å²) in [6.07, 6.45) is 3.79. The lowest BCUT2D eigenvalue weighted by Crippen LogP contribution is -2.34. The summed E-state index contributed by atoms with van der Waals surface area (Å²) in [5.74, 6) is 0. The number of thiophene rings is 1. The van der Waals surface area contributed by atoms with Crippen molar-refractivity contribution in [3.05, 3.63) is 69.6 Å². The van der Waals surface area contributed by atoms with Crippen LogP contribution in [0.1, 0.15) is 17.4 Å². The second-order valence-electron chi connectivity index (χ2n) is 5.62. The number of benzene rings is 1. The van der Waals surface area contributed by atoms with Crippen LogP contribution in [-0.4, -0.2) is 21.4 Å². The van der Waals surface area contributed by atoms with Crippen LogP contribution in [0.25, 0.3) is 5.69 Å². The monoisotopic (exact) mass is 347 g/mol. The molecule has 3 aromatic rings. The number of aliphatic hydroxyl groups is 1. The molecule has 0 amide bonds. The van der Waals surface area contributed by atoms with Crippen molar-refractivity contribution < 1.29 is 5.11 Å². The third-order valence-electron chi connectivity index (χ3n) is 3.58. The summed E-state index contributed by atoms with van der Waals surface area (Å²) < 4.78 is 1.81. The third-order valence-corrected chi connectivity index (χ3v) is 4.95. The number of nitrogens with zero attached hydrogens (tertiary/aromatic N) is 2. The van der Waals surface area contributed by atoms with Crippen molar-refractivity contribution in [1.82, 2.24) is 15.1 Å². The number of rotatable bonds is 6. The van der Waals surface area contributed by atoms with Gasteiger partial charge in [-0.3, -0.25) is 0 Å². The summed E-state index contributed by atoms with van der Waals surface area (Å²) in [5.41, 5.74) is 1.16. The molecule has 2 N–H and O–H groups in total. The summed E-state index contributed by atoms with van der Waals surface area (Å²) >= 11 is 7.46. The van der Waals surface area contributed by atoms with E-state index in [9.17, 15) is 5.11 Å². The minimum absolute atomic E-state index is 0.486. The highest BCUT2D eigenvalue weighted by molar-refractivity contribution is 7.10. The van der Waals surface area contributed by atoms with Gasteiger partial charge in [0, 0.05) is 34.7 Å². The van der Waals surface area contributed by atoms with Crippen molar-refractivity contribution >= 4 is 22.9 Å². The lowest BCUT2D eigenvalue weighted by molar-refractivity contribution is 0.0604. The molecule has 23 heavy (non-hydrogen) atoms. The van der Waals surface area contributed by atoms with Gasteiger partial charge in [-0.2, -0.15) is 5.10 Å². The van der Waals surface area contributed by atoms with Crippen molar-refractivity contribution in [2.75, 3.05) is 6.54 Å². The van der Waals surface area contributed by atoms with Gasteiger partial charge in [-0.05, 0) is 42.6 Å². The summed E-state index contributed by atoms with van der Waals surface area (Å²) in [6.45, 7) is 2.96. The lowest BCUT2D eigenvalue weighted by Gasteiger charge is -2.22. The first kappa shape index (κ1) is 16.2. The van der Waals surface area contributed by atoms with E-state index in [2.05, 4.69) is 10.4 Å². The first-order valence-corrected chi connectivity index (χ1v) is 8.57. The third kappa shape index (κ3) is 4.00. The molecule has 0 spiro atoms. The zero-order valence-electron chi connectivity index (χ0n) is 12.7. The average molecular weight is 348 g/mol. The van der Waals surface area contributed by atoms with E-state index >= 15 is 0 Å². The normalized spacial score (nSPS) is 13.9. The Balaban J connectivity index is 1.58. The summed E-state index contributed by atoms with van der Waals surface area (Å²) in [4.78, 5) is 0.960. The Morgan fingerprint density at radius 2 is 2.09 bits per heavy atom. The largest absolute Gasteiger partial charge is 0.383 e. The molecule has 120 valence electrons. The van der Waals surface area contributed by atoms with Crippen LogP contribution < -0.4 is 5.32 Å². The average Bonchev–Trinajstić information content (AvgIpc) is 3.19. The van der Waals surface area contributed by atoms with Crippen LogP contribution in [0.2, 0.25) is 5.02 Å². The Morgan fingerprint density at radius 3 is 2.78 bits per heavy atom. The Kier molecular flexibility index (Phi) is 4.82. The molecule has 1 aromatic carbocycles. The van der Waals surface area contributed by atoms with E-state index < -0.39 is 5.60 Å². The van der Waals surface area contributed by atoms with E-state index in [1.165, 1.54) is 0 Å². The van der Waals surface area contributed by atoms with Crippen LogP contribution in [0.4, 0.5) is 0 Å². The van der Waals surface area contributed by atoms with Gasteiger partial charge >= 0.3 is 0 Å². The quantitative estimate of drug-likeness (QED) is 0.716. The smallest absolute Gasteiger partial charge is 0.108 e. The van der Waals surface area contributed by atoms with Gasteiger partial charge in [-0.25, -0.2) is 4.68 Å². The van der Waals surface area contributed by atoms with Crippen molar-refractivity contribution in [2.24, 2.45) is 0 Å². The van der Waals surface area contributed by atoms with Gasteiger partial charge in [-0.15, -0.1) is 11.3 Å². The highest BCUT2D eigenvalue weighted by atomic mass is 35.5. The molecular weight excluding hydrogens is 330 g/mol. The summed E-state index contributed by atoms with van der Waals surface area (Å²) in [7, 11) is 0. The molecule has 0 aliphatic heterocycles. The van der Waals surface area contributed by atoms with Crippen molar-refractivity contribution in [2.45, 2.75) is 19.1 Å². The number of aromatic nitrogens is 2. The molecule has 1 atom stereocenters. The SMILES string of the molecule is CC(O)(CNCc1cnn(-c2ccc(Cl)cc2)c1)c1cccs1. The standard InChI is InChI=1S/C17H18ClN3OS/c1-17(22,16-3-2-8-23-16)12-19-9-13-10-20-21(11-13)15-6-4-14(18)5-7-15/h2-8,10-11,19,22H,9,12H2,1H3. The fourth-order valence-electron chi connectivity index (χ4n) is 2.31. The first-order chi connectivity index (χ1) is 11.0. The number of nitrogens with one attached hydrogen (secondary N) is 1. The van der Waals surface area contributed by atoms with Crippen molar-refractivity contribution in [1.29, 1.82) is 0 Å². The highest BCUT2D eigenvalue weighted by Gasteiger charge is 2.23. The Bertz CT molecular complexity index is 751. The fraction of sp³-hybridized carbons (Fsp3) is 0.235. The van der Waals surface area contributed by atoms with E-state index in [-0.39, 0.29) is 0 Å². The molecule has 0 saturated heterocycles. The van der Waals surface area contributed by atoms with E-state index in [1.54, 1.807) is 11.3 Å². The topological polar surface area (TPSA) is 50.1 Å². The van der Waals surface area contributed by atoms with Crippen LogP contribution in [-0.2, 0) is 12.1 Å². The molecule has 1 unspecified atom stereocenters. The van der Waals surface area contributed by atoms with Crippen LogP contribution in [0, 0.1) is 0 Å². The number of hydrogen-bond donors (Lipinski definition) is 2. The van der Waals surface area contributed by atoms with Crippen molar-refractivity contribution in [3.8, 4) is 5.69 Å². The highest BCUT2D eigenvalue weighted by Crippen LogP contribution is 2.24. The Hall–Kier alpha value is -1.66. The molecule has 0 saturated carbocycles. The van der Waals surface area contributed by atoms with Crippen LogP contribution >= 0.6 is 22.9 Å². The van der Waals surface area contributed by atoms with Crippen LogP contribution in [0.3, 0.4) is 0 Å². The van der Waals surface area contributed by atoms with Gasteiger partial charge in [0.05, 0.1) is 11.9 Å². The Labute approximate surface area is 144 Å². The second-order valence-corrected chi connectivity index (χ2v) is 7.01. The second kappa shape index (κ2) is 6.84. The zero-order chi connectivity index (χ0) is 16.3. The molecule has 6 heteroatoms. The molecular formula is C17H18ClN3OS. The van der Waals surface area contributed by atoms with E-state index in [0.717, 1.165) is 16.1 Å². The zero-order valence-corrected chi connectivity index (χ0v) is 14.3. The van der Waals surface area contributed by atoms with Crippen molar-refractivity contribution in [3.63, 3.8) is 0 Å². The Morgan fingerprint density at radius 1 is 1.30 bits per heavy atom. The maximum atomic E-state index is 10.5. The lowest BCUT2D eigenvalue weighted by atomic mass is 10.1. The predicted octanol–water partition coefficient (Wildman–Crippen LogP) is 3.58. The molecule has 3 rings (SSSR count). The maximum Gasteiger partial charge on any atom is 0.108 e. The molecule has 4 nitrogen and oxygen atoms in total. The summed E-state index contributed by atoms with van der Waals surface area (Å²) in [6, 6.07) is 11.4. The summed E-state index contributed by atoms with van der Waals surface area (Å²) in [5, 5.41) is 20.8. The minimum atomic E-state index is -0.861. The van der Waals surface area contributed by atoms with E-state index in [1.807, 2.05) is 65.8 Å². The van der Waals surface area contributed by atoms with Crippen LogP contribution in [0.15, 0.2) is 54.2 Å². The predicted molar refractivity (Wildman–Crippen MR) is 94.2 cm³/mol. The number of halogens is 1.